The Morgan fingerprint density at radius 3 is 2.48 bits per heavy atom. The summed E-state index contributed by atoms with van der Waals surface area (Å²) in [6.07, 6.45) is 0. The van der Waals surface area contributed by atoms with Crippen LogP contribution in [0.3, 0.4) is 0 Å². The summed E-state index contributed by atoms with van der Waals surface area (Å²) in [7, 11) is -3.96. The van der Waals surface area contributed by atoms with Gasteiger partial charge < -0.3 is 5.11 Å². The van der Waals surface area contributed by atoms with Gasteiger partial charge in [0.25, 0.3) is 0 Å². The van der Waals surface area contributed by atoms with Gasteiger partial charge in [-0.15, -0.1) is 0 Å². The monoisotopic (exact) mass is 334 g/mol. The average molecular weight is 334 g/mol. The van der Waals surface area contributed by atoms with Crippen molar-refractivity contribution >= 4 is 10.0 Å². The van der Waals surface area contributed by atoms with E-state index in [1.807, 2.05) is 6.07 Å². The SMILES string of the molecule is N#Cc1cc(S(=O)(=O)N(CCO)Cc2ccccc2)ccc1F. The number of aliphatic hydroxyl groups is 1. The molecule has 0 saturated heterocycles. The number of aliphatic hydroxyl groups excluding tert-OH is 1. The zero-order valence-corrected chi connectivity index (χ0v) is 13.0. The molecule has 120 valence electrons. The molecule has 2 rings (SSSR count). The van der Waals surface area contributed by atoms with Gasteiger partial charge in [0.15, 0.2) is 0 Å². The van der Waals surface area contributed by atoms with Gasteiger partial charge in [0.1, 0.15) is 11.9 Å². The van der Waals surface area contributed by atoms with Gasteiger partial charge in [-0.25, -0.2) is 12.8 Å². The topological polar surface area (TPSA) is 81.4 Å². The van der Waals surface area contributed by atoms with Crippen molar-refractivity contribution in [2.75, 3.05) is 13.2 Å². The van der Waals surface area contributed by atoms with Gasteiger partial charge in [-0.2, -0.15) is 9.57 Å². The largest absolute Gasteiger partial charge is 0.395 e. The second-order valence-corrected chi connectivity index (χ2v) is 6.74. The third-order valence-electron chi connectivity index (χ3n) is 3.25. The molecule has 0 aromatic heterocycles. The second kappa shape index (κ2) is 7.33. The van der Waals surface area contributed by atoms with Crippen LogP contribution in [0.25, 0.3) is 0 Å². The molecular weight excluding hydrogens is 319 g/mol. The number of nitriles is 1. The predicted octanol–water partition coefficient (Wildman–Crippen LogP) is 1.88. The van der Waals surface area contributed by atoms with Crippen LogP contribution in [0.2, 0.25) is 0 Å². The van der Waals surface area contributed by atoms with Gasteiger partial charge in [0, 0.05) is 13.1 Å². The second-order valence-electron chi connectivity index (χ2n) is 4.80. The van der Waals surface area contributed by atoms with E-state index in [1.54, 1.807) is 30.3 Å². The molecule has 5 nitrogen and oxygen atoms in total. The Hall–Kier alpha value is -2.27. The molecule has 0 unspecified atom stereocenters. The van der Waals surface area contributed by atoms with Crippen molar-refractivity contribution in [3.63, 3.8) is 0 Å². The molecular formula is C16H15FN2O3S. The summed E-state index contributed by atoms with van der Waals surface area (Å²) in [6, 6.07) is 13.6. The summed E-state index contributed by atoms with van der Waals surface area (Å²) in [5, 5.41) is 18.0. The van der Waals surface area contributed by atoms with E-state index in [-0.39, 0.29) is 30.2 Å². The molecule has 0 fully saturated rings. The van der Waals surface area contributed by atoms with Gasteiger partial charge >= 0.3 is 0 Å². The van der Waals surface area contributed by atoms with E-state index in [2.05, 4.69) is 0 Å². The van der Waals surface area contributed by atoms with Crippen molar-refractivity contribution in [2.45, 2.75) is 11.4 Å². The van der Waals surface area contributed by atoms with Crippen LogP contribution in [0.1, 0.15) is 11.1 Å². The summed E-state index contributed by atoms with van der Waals surface area (Å²) in [4.78, 5) is -0.181. The van der Waals surface area contributed by atoms with Crippen LogP contribution in [0.5, 0.6) is 0 Å². The van der Waals surface area contributed by atoms with Crippen LogP contribution in [0.15, 0.2) is 53.4 Å². The molecule has 0 atom stereocenters. The summed E-state index contributed by atoms with van der Waals surface area (Å²) >= 11 is 0. The minimum atomic E-state index is -3.96. The first kappa shape index (κ1) is 17.1. The molecule has 0 saturated carbocycles. The van der Waals surface area contributed by atoms with Gasteiger partial charge in [-0.1, -0.05) is 30.3 Å². The molecule has 1 N–H and O–H groups in total. The van der Waals surface area contributed by atoms with Crippen molar-refractivity contribution in [3.8, 4) is 6.07 Å². The number of nitrogens with zero attached hydrogens (tertiary/aromatic N) is 2. The van der Waals surface area contributed by atoms with E-state index < -0.39 is 15.8 Å². The fourth-order valence-corrected chi connectivity index (χ4v) is 3.53. The van der Waals surface area contributed by atoms with Crippen LogP contribution in [-0.4, -0.2) is 31.0 Å². The number of rotatable bonds is 6. The number of hydrogen-bond donors (Lipinski definition) is 1. The van der Waals surface area contributed by atoms with E-state index >= 15 is 0 Å². The summed E-state index contributed by atoms with van der Waals surface area (Å²) < 4.78 is 39.9. The lowest BCUT2D eigenvalue weighted by atomic mass is 10.2. The van der Waals surface area contributed by atoms with Crippen molar-refractivity contribution in [2.24, 2.45) is 0 Å². The minimum absolute atomic E-state index is 0.0724. The van der Waals surface area contributed by atoms with E-state index in [0.717, 1.165) is 28.1 Å². The standard InChI is InChI=1S/C16H15FN2O3S/c17-16-7-6-15(10-14(16)11-18)23(21,22)19(8-9-20)12-13-4-2-1-3-5-13/h1-7,10,20H,8-9,12H2. The molecule has 0 radical (unpaired) electrons. The number of sulfonamides is 1. The molecule has 0 aliphatic rings. The Labute approximate surface area is 134 Å². The highest BCUT2D eigenvalue weighted by Gasteiger charge is 2.25. The van der Waals surface area contributed by atoms with Crippen LogP contribution in [-0.2, 0) is 16.6 Å². The maximum absolute atomic E-state index is 13.4. The highest BCUT2D eigenvalue weighted by molar-refractivity contribution is 7.89. The summed E-state index contributed by atoms with van der Waals surface area (Å²) in [5.74, 6) is -0.775. The van der Waals surface area contributed by atoms with Crippen LogP contribution in [0.4, 0.5) is 4.39 Å². The molecule has 2 aromatic rings. The molecule has 2 aromatic carbocycles. The molecule has 0 bridgehead atoms. The van der Waals surface area contributed by atoms with E-state index in [1.165, 1.54) is 0 Å². The lowest BCUT2D eigenvalue weighted by Crippen LogP contribution is -2.33. The first-order valence-corrected chi connectivity index (χ1v) is 8.27. The highest BCUT2D eigenvalue weighted by atomic mass is 32.2. The van der Waals surface area contributed by atoms with Crippen molar-refractivity contribution < 1.29 is 17.9 Å². The normalized spacial score (nSPS) is 11.4. The Balaban J connectivity index is 2.39. The zero-order valence-electron chi connectivity index (χ0n) is 12.2. The third-order valence-corrected chi connectivity index (χ3v) is 5.09. The molecule has 0 heterocycles. The summed E-state index contributed by atoms with van der Waals surface area (Å²) in [5.41, 5.74) is 0.418. The fraction of sp³-hybridized carbons (Fsp3) is 0.188. The Bertz CT molecular complexity index is 817. The minimum Gasteiger partial charge on any atom is -0.395 e. The lowest BCUT2D eigenvalue weighted by Gasteiger charge is -2.21. The molecule has 0 spiro atoms. The molecule has 7 heteroatoms. The smallest absolute Gasteiger partial charge is 0.243 e. The fourth-order valence-electron chi connectivity index (χ4n) is 2.08. The van der Waals surface area contributed by atoms with Gasteiger partial charge in [-0.3, -0.25) is 0 Å². The van der Waals surface area contributed by atoms with Gasteiger partial charge in [0.2, 0.25) is 10.0 Å². The first-order chi connectivity index (χ1) is 11.0. The predicted molar refractivity (Wildman–Crippen MR) is 82.2 cm³/mol. The highest BCUT2D eigenvalue weighted by Crippen LogP contribution is 2.20. The molecule has 0 aliphatic heterocycles. The first-order valence-electron chi connectivity index (χ1n) is 6.83. The van der Waals surface area contributed by atoms with Crippen molar-refractivity contribution in [3.05, 3.63) is 65.5 Å². The number of benzene rings is 2. The maximum atomic E-state index is 13.4. The van der Waals surface area contributed by atoms with Crippen LogP contribution >= 0.6 is 0 Å². The quantitative estimate of drug-likeness (QED) is 0.874. The zero-order chi connectivity index (χ0) is 16.9. The number of halogens is 1. The number of hydrogen-bond acceptors (Lipinski definition) is 4. The average Bonchev–Trinajstić information content (AvgIpc) is 2.55. The molecule has 0 aliphatic carbocycles. The van der Waals surface area contributed by atoms with Crippen molar-refractivity contribution in [1.82, 2.24) is 4.31 Å². The van der Waals surface area contributed by atoms with Gasteiger partial charge in [-0.05, 0) is 23.8 Å². The Kier molecular flexibility index (Phi) is 5.45. The van der Waals surface area contributed by atoms with Crippen LogP contribution in [0, 0.1) is 17.1 Å². The Morgan fingerprint density at radius 2 is 1.87 bits per heavy atom. The van der Waals surface area contributed by atoms with E-state index in [9.17, 15) is 12.8 Å². The molecule has 23 heavy (non-hydrogen) atoms. The van der Waals surface area contributed by atoms with E-state index in [0.29, 0.717) is 0 Å². The lowest BCUT2D eigenvalue weighted by molar-refractivity contribution is 0.251. The van der Waals surface area contributed by atoms with E-state index in [4.69, 9.17) is 10.4 Å². The van der Waals surface area contributed by atoms with Crippen molar-refractivity contribution in [1.29, 1.82) is 5.26 Å². The Morgan fingerprint density at radius 1 is 1.17 bits per heavy atom. The maximum Gasteiger partial charge on any atom is 0.243 e. The molecule has 0 amide bonds. The third kappa shape index (κ3) is 3.93. The van der Waals surface area contributed by atoms with Crippen LogP contribution < -0.4 is 0 Å². The summed E-state index contributed by atoms with van der Waals surface area (Å²) in [6.45, 7) is -0.377. The van der Waals surface area contributed by atoms with Gasteiger partial charge in [0.05, 0.1) is 17.1 Å².